The number of hydrogen-bond donors (Lipinski definition) is 0. The van der Waals surface area contributed by atoms with Crippen molar-refractivity contribution >= 4 is 0 Å². The van der Waals surface area contributed by atoms with E-state index >= 15 is 0 Å². The van der Waals surface area contributed by atoms with Gasteiger partial charge in [0, 0.05) is 0 Å². The summed E-state index contributed by atoms with van der Waals surface area (Å²) in [6.45, 7) is 46.2. The van der Waals surface area contributed by atoms with E-state index in [4.69, 9.17) is 0 Å². The van der Waals surface area contributed by atoms with Crippen LogP contribution in [0.25, 0.3) is 0 Å². The molecule has 26 heavy (non-hydrogen) atoms. The maximum Gasteiger partial charge on any atom is 1.00 e. The van der Waals surface area contributed by atoms with Gasteiger partial charge in [-0.15, -0.1) is 0 Å². The normalized spacial score (nSPS) is 10.6. The molecule has 0 aromatic carbocycles. The van der Waals surface area contributed by atoms with Gasteiger partial charge in [0.15, 0.2) is 0 Å². The minimum atomic E-state index is 0. The Morgan fingerprint density at radius 1 is 0.385 bits per heavy atom. The van der Waals surface area contributed by atoms with E-state index in [2.05, 4.69) is 132 Å². The molecule has 0 radical (unpaired) electrons. The first kappa shape index (κ1) is 47.2. The molecule has 0 fully saturated rings. The maximum atomic E-state index is 3.77. The van der Waals surface area contributed by atoms with Crippen LogP contribution in [0, 0.1) is 55.3 Å². The van der Waals surface area contributed by atoms with Crippen LogP contribution >= 0.6 is 0 Å². The molecule has 0 spiro atoms. The van der Waals surface area contributed by atoms with Crippen LogP contribution in [-0.4, -0.2) is 0 Å². The van der Waals surface area contributed by atoms with Crippen LogP contribution in [0.5, 0.6) is 0 Å². The quantitative estimate of drug-likeness (QED) is 0.418. The Bertz CT molecular complexity index is 152. The Kier molecular flexibility index (Phi) is 41.6. The second-order valence-corrected chi connectivity index (χ2v) is 11.7. The van der Waals surface area contributed by atoms with Crippen molar-refractivity contribution in [3.63, 3.8) is 0 Å². The van der Waals surface area contributed by atoms with E-state index < -0.39 is 0 Å². The number of rotatable bonds is 0. The van der Waals surface area contributed by atoms with E-state index in [0.717, 1.165) is 0 Å². The van der Waals surface area contributed by atoms with Crippen molar-refractivity contribution in [1.29, 1.82) is 0 Å². The van der Waals surface area contributed by atoms with Crippen molar-refractivity contribution in [2.75, 3.05) is 0 Å². The molecular weight excluding hydrogens is 366 g/mol. The third-order valence-corrected chi connectivity index (χ3v) is 0. The largest absolute Gasteiger partial charge is 1.00 e. The average molecular weight is 420 g/mol. The Balaban J connectivity index is -0.0000000341. The van der Waals surface area contributed by atoms with E-state index in [1.165, 1.54) is 5.92 Å². The molecule has 0 unspecified atom stereocenters. The van der Waals surface area contributed by atoms with E-state index in [1.54, 1.807) is 0 Å². The summed E-state index contributed by atoms with van der Waals surface area (Å²) >= 11 is 0. The van der Waals surface area contributed by atoms with Crippen LogP contribution in [0.3, 0.4) is 0 Å². The Morgan fingerprint density at radius 3 is 0.385 bits per heavy atom. The summed E-state index contributed by atoms with van der Waals surface area (Å²) in [7, 11) is 0. The van der Waals surface area contributed by atoms with Crippen LogP contribution in [-0.2, 0) is 0 Å². The molecule has 0 aromatic heterocycles. The van der Waals surface area contributed by atoms with E-state index in [0.29, 0.717) is 0 Å². The average Bonchev–Trinajstić information content (AvgIpc) is 1.82. The van der Waals surface area contributed by atoms with Crippen LogP contribution in [0.1, 0.15) is 104 Å². The molecular formula is C24H53K2-3. The summed E-state index contributed by atoms with van der Waals surface area (Å²) in [6, 6.07) is 0. The fraction of sp³-hybridized carbons (Fsp3) is 0.792. The fourth-order valence-electron chi connectivity index (χ4n) is 0. The zero-order valence-electron chi connectivity index (χ0n) is 22.3. The van der Waals surface area contributed by atoms with Crippen molar-refractivity contribution in [1.82, 2.24) is 0 Å². The van der Waals surface area contributed by atoms with Crippen molar-refractivity contribution < 1.29 is 103 Å². The summed E-state index contributed by atoms with van der Waals surface area (Å²) in [4.78, 5) is 0. The molecule has 0 aliphatic carbocycles. The maximum absolute atomic E-state index is 3.77. The Labute approximate surface area is 257 Å². The van der Waals surface area contributed by atoms with Gasteiger partial charge in [0.2, 0.25) is 0 Å². The second kappa shape index (κ2) is 22.9. The minimum absolute atomic E-state index is 0. The molecule has 0 atom stereocenters. The summed E-state index contributed by atoms with van der Waals surface area (Å²) in [5, 5.41) is 0. The smallest absolute Gasteiger partial charge is 0.338 e. The predicted molar refractivity (Wildman–Crippen MR) is 120 cm³/mol. The van der Waals surface area contributed by atoms with Crippen molar-refractivity contribution in [2.45, 2.75) is 104 Å². The van der Waals surface area contributed by atoms with Gasteiger partial charge < -0.3 is 33.6 Å². The van der Waals surface area contributed by atoms with E-state index in [9.17, 15) is 0 Å². The predicted octanol–water partition coefficient (Wildman–Crippen LogP) is 3.09. The van der Waals surface area contributed by atoms with Crippen molar-refractivity contribution in [2.24, 2.45) is 21.7 Å². The first-order chi connectivity index (χ1) is 9.73. The summed E-state index contributed by atoms with van der Waals surface area (Å²) in [5.41, 5.74) is 1.00. The Morgan fingerprint density at radius 2 is 0.385 bits per heavy atom. The molecule has 0 aliphatic rings. The van der Waals surface area contributed by atoms with Gasteiger partial charge in [0.05, 0.1) is 0 Å². The number of hydrogen-bond acceptors (Lipinski definition) is 0. The second-order valence-electron chi connectivity index (χ2n) is 11.7. The minimum Gasteiger partial charge on any atom is -0.338 e. The molecule has 0 saturated carbocycles. The molecule has 154 valence electrons. The first-order valence-corrected chi connectivity index (χ1v) is 8.91. The van der Waals surface area contributed by atoms with Gasteiger partial charge in [0.25, 0.3) is 0 Å². The third-order valence-electron chi connectivity index (χ3n) is 0. The zero-order valence-corrected chi connectivity index (χ0v) is 28.6. The SMILES string of the molecule is C[C-](C)C.[CH2-]C(C)(C)C.[CH2-]C(C)(C)C.[CH2-]C(C)(C)C.[CH2-]C(C)(C)C.[K+].[K+]. The monoisotopic (exact) mass is 419 g/mol. The van der Waals surface area contributed by atoms with Crippen molar-refractivity contribution in [3.8, 4) is 0 Å². The molecule has 2 heteroatoms. The van der Waals surface area contributed by atoms with Gasteiger partial charge in [-0.3, -0.25) is 0 Å². The van der Waals surface area contributed by atoms with Crippen LogP contribution in [0.2, 0.25) is 0 Å². The van der Waals surface area contributed by atoms with Gasteiger partial charge in [-0.05, 0) is 0 Å². The van der Waals surface area contributed by atoms with Gasteiger partial charge in [0.1, 0.15) is 0 Å². The standard InChI is InChI=1S/4C5H11.C4H9.2K/c4*1-5(2,3)4;1-4(2)3;;/h4*1H2,2-4H3;1-3H3;;/q5*-1;2*+1. The summed E-state index contributed by atoms with van der Waals surface area (Å²) in [6.07, 6.45) is 0. The molecule has 0 rings (SSSR count). The summed E-state index contributed by atoms with van der Waals surface area (Å²) < 4.78 is 0. The topological polar surface area (TPSA) is 0 Å². The third kappa shape index (κ3) is 1760. The molecule has 0 bridgehead atoms. The molecule has 0 amide bonds. The zero-order chi connectivity index (χ0) is 21.6. The molecule has 0 aliphatic heterocycles. The van der Waals surface area contributed by atoms with Gasteiger partial charge in [-0.25, -0.2) is 0 Å². The first-order valence-electron chi connectivity index (χ1n) is 8.91. The molecule has 0 N–H and O–H groups in total. The van der Waals surface area contributed by atoms with Crippen LogP contribution < -0.4 is 103 Å². The van der Waals surface area contributed by atoms with Gasteiger partial charge in [-0.2, -0.15) is 42.4 Å². The molecule has 0 nitrogen and oxygen atoms in total. The fourth-order valence-corrected chi connectivity index (χ4v) is 0. The molecule has 0 saturated heterocycles. The van der Waals surface area contributed by atoms with E-state index in [1.807, 2.05) is 0 Å². The van der Waals surface area contributed by atoms with Gasteiger partial charge in [-0.1, -0.05) is 83.1 Å². The molecule has 0 aromatic rings. The Hall–Kier alpha value is 3.27. The van der Waals surface area contributed by atoms with E-state index in [-0.39, 0.29) is 124 Å². The van der Waals surface area contributed by atoms with Crippen molar-refractivity contribution in [3.05, 3.63) is 33.6 Å². The summed E-state index contributed by atoms with van der Waals surface area (Å²) in [5.74, 6) is 1.42. The molecule has 0 heterocycles. The van der Waals surface area contributed by atoms with Crippen LogP contribution in [0.15, 0.2) is 0 Å². The van der Waals surface area contributed by atoms with Crippen LogP contribution in [0.4, 0.5) is 0 Å². The van der Waals surface area contributed by atoms with Gasteiger partial charge >= 0.3 is 103 Å².